The Hall–Kier alpha value is -2.72. The summed E-state index contributed by atoms with van der Waals surface area (Å²) < 4.78 is 31.0. The Morgan fingerprint density at radius 2 is 1.97 bits per heavy atom. The van der Waals surface area contributed by atoms with E-state index in [-0.39, 0.29) is 17.8 Å². The van der Waals surface area contributed by atoms with E-state index in [1.165, 1.54) is 0 Å². The van der Waals surface area contributed by atoms with Crippen LogP contribution in [0.2, 0.25) is 0 Å². The summed E-state index contributed by atoms with van der Waals surface area (Å²) in [5.74, 6) is 1.09. The molecule has 0 bridgehead atoms. The van der Waals surface area contributed by atoms with E-state index in [0.29, 0.717) is 54.9 Å². The summed E-state index contributed by atoms with van der Waals surface area (Å²) in [5.41, 5.74) is 2.69. The van der Waals surface area contributed by atoms with Crippen molar-refractivity contribution in [3.8, 4) is 11.4 Å². The molecule has 4 rings (SSSR count). The monoisotopic (exact) mass is 459 g/mol. The third-order valence-corrected chi connectivity index (χ3v) is 7.99. The molecule has 2 amide bonds. The molecule has 3 heterocycles. The van der Waals surface area contributed by atoms with Crippen molar-refractivity contribution in [2.24, 2.45) is 0 Å². The number of nitrogens with one attached hydrogen (secondary N) is 2. The lowest BCUT2D eigenvalue weighted by Crippen LogP contribution is -2.46. The van der Waals surface area contributed by atoms with Gasteiger partial charge in [0, 0.05) is 29.9 Å². The van der Waals surface area contributed by atoms with Gasteiger partial charge in [-0.05, 0) is 44.5 Å². The highest BCUT2D eigenvalue weighted by Gasteiger charge is 2.40. The van der Waals surface area contributed by atoms with Gasteiger partial charge in [0.25, 0.3) is 0 Å². The number of fused-ring (bicyclic) bond motifs is 1. The first-order valence-corrected chi connectivity index (χ1v) is 12.7. The van der Waals surface area contributed by atoms with Crippen molar-refractivity contribution < 1.29 is 17.9 Å². The Bertz CT molecular complexity index is 1100. The number of benzene rings is 1. The average molecular weight is 460 g/mol. The first-order valence-electron chi connectivity index (χ1n) is 11.0. The fraction of sp³-hybridized carbons (Fsp3) is 0.500. The van der Waals surface area contributed by atoms with Gasteiger partial charge in [0.15, 0.2) is 15.7 Å². The zero-order valence-electron chi connectivity index (χ0n) is 18.6. The normalized spacial score (nSPS) is 21.8. The molecule has 2 atom stereocenters. The average Bonchev–Trinajstić information content (AvgIpc) is 3.02. The van der Waals surface area contributed by atoms with Gasteiger partial charge >= 0.3 is 6.03 Å². The van der Waals surface area contributed by atoms with Crippen LogP contribution in [0.15, 0.2) is 24.3 Å². The highest BCUT2D eigenvalue weighted by atomic mass is 32.2. The zero-order chi connectivity index (χ0) is 22.9. The quantitative estimate of drug-likeness (QED) is 0.707. The smallest absolute Gasteiger partial charge is 0.319 e. The fourth-order valence-electron chi connectivity index (χ4n) is 4.18. The SMILES string of the molecule is CCNC(=O)Nc1ccc(-c2nc3c(c(N4CCOCC4CC)n2)[C@@H](C)S(=O)(=O)C3)cc1. The summed E-state index contributed by atoms with van der Waals surface area (Å²) in [6.45, 7) is 8.02. The van der Waals surface area contributed by atoms with Gasteiger partial charge in [-0.25, -0.2) is 23.2 Å². The molecule has 2 aliphatic heterocycles. The van der Waals surface area contributed by atoms with Crippen LogP contribution in [0.5, 0.6) is 0 Å². The first-order chi connectivity index (χ1) is 15.3. The topological polar surface area (TPSA) is 114 Å². The number of nitrogens with zero attached hydrogens (tertiary/aromatic N) is 3. The summed E-state index contributed by atoms with van der Waals surface area (Å²) in [4.78, 5) is 23.4. The minimum atomic E-state index is -3.31. The number of hydrogen-bond donors (Lipinski definition) is 2. The number of rotatable bonds is 5. The molecule has 1 unspecified atom stereocenters. The Kier molecular flexibility index (Phi) is 6.34. The highest BCUT2D eigenvalue weighted by molar-refractivity contribution is 7.91. The molecule has 2 N–H and O–H groups in total. The van der Waals surface area contributed by atoms with Crippen molar-refractivity contribution >= 4 is 27.4 Å². The van der Waals surface area contributed by atoms with Gasteiger partial charge in [0.1, 0.15) is 5.82 Å². The molecule has 0 radical (unpaired) electrons. The van der Waals surface area contributed by atoms with Gasteiger partial charge in [-0.1, -0.05) is 6.92 Å². The molecule has 1 aromatic carbocycles. The van der Waals surface area contributed by atoms with E-state index in [1.807, 2.05) is 19.1 Å². The van der Waals surface area contributed by atoms with E-state index in [9.17, 15) is 13.2 Å². The summed E-state index contributed by atoms with van der Waals surface area (Å²) >= 11 is 0. The van der Waals surface area contributed by atoms with Crippen molar-refractivity contribution in [3.05, 3.63) is 35.5 Å². The second kappa shape index (κ2) is 9.03. The molecule has 2 aromatic rings. The molecule has 0 saturated carbocycles. The van der Waals surface area contributed by atoms with E-state index >= 15 is 0 Å². The van der Waals surface area contributed by atoms with Crippen LogP contribution in [0.4, 0.5) is 16.3 Å². The maximum atomic E-state index is 12.7. The minimum Gasteiger partial charge on any atom is -0.377 e. The summed E-state index contributed by atoms with van der Waals surface area (Å²) in [6.07, 6.45) is 0.870. The van der Waals surface area contributed by atoms with Crippen molar-refractivity contribution in [1.82, 2.24) is 15.3 Å². The minimum absolute atomic E-state index is 0.0794. The van der Waals surface area contributed by atoms with Gasteiger partial charge in [-0.2, -0.15) is 0 Å². The summed E-state index contributed by atoms with van der Waals surface area (Å²) in [7, 11) is -3.31. The number of hydrogen-bond acceptors (Lipinski definition) is 7. The number of anilines is 2. The number of aromatic nitrogens is 2. The van der Waals surface area contributed by atoms with Crippen molar-refractivity contribution in [3.63, 3.8) is 0 Å². The first kappa shape index (κ1) is 22.5. The van der Waals surface area contributed by atoms with E-state index in [2.05, 4.69) is 27.4 Å². The summed E-state index contributed by atoms with van der Waals surface area (Å²) in [5, 5.41) is 4.82. The Morgan fingerprint density at radius 3 is 2.66 bits per heavy atom. The van der Waals surface area contributed by atoms with Crippen molar-refractivity contribution in [1.29, 1.82) is 0 Å². The molecule has 0 spiro atoms. The van der Waals surface area contributed by atoms with Crippen molar-refractivity contribution in [2.45, 2.75) is 44.2 Å². The van der Waals surface area contributed by atoms with Crippen LogP contribution in [0, 0.1) is 0 Å². The second-order valence-electron chi connectivity index (χ2n) is 8.07. The van der Waals surface area contributed by atoms with Crippen LogP contribution in [0.3, 0.4) is 0 Å². The molecule has 32 heavy (non-hydrogen) atoms. The molecular formula is C22H29N5O4S. The molecule has 2 aliphatic rings. The predicted molar refractivity (Wildman–Crippen MR) is 123 cm³/mol. The number of urea groups is 1. The molecule has 9 nitrogen and oxygen atoms in total. The van der Waals surface area contributed by atoms with E-state index in [0.717, 1.165) is 12.0 Å². The van der Waals surface area contributed by atoms with Crippen LogP contribution < -0.4 is 15.5 Å². The van der Waals surface area contributed by atoms with E-state index < -0.39 is 15.1 Å². The van der Waals surface area contributed by atoms with Crippen LogP contribution in [-0.4, -0.2) is 56.8 Å². The lowest BCUT2D eigenvalue weighted by molar-refractivity contribution is 0.0924. The Labute approximate surface area is 188 Å². The zero-order valence-corrected chi connectivity index (χ0v) is 19.4. The maximum absolute atomic E-state index is 12.7. The van der Waals surface area contributed by atoms with Crippen LogP contribution in [0.1, 0.15) is 43.7 Å². The van der Waals surface area contributed by atoms with Crippen molar-refractivity contribution in [2.75, 3.05) is 36.5 Å². The number of morpholine rings is 1. The Morgan fingerprint density at radius 1 is 1.22 bits per heavy atom. The van der Waals surface area contributed by atoms with Crippen LogP contribution in [-0.2, 0) is 20.3 Å². The van der Waals surface area contributed by atoms with Gasteiger partial charge in [-0.3, -0.25) is 0 Å². The second-order valence-corrected chi connectivity index (χ2v) is 10.4. The molecule has 1 aromatic heterocycles. The number of ether oxygens (including phenoxy) is 1. The number of sulfone groups is 1. The van der Waals surface area contributed by atoms with Gasteiger partial charge in [0.05, 0.1) is 36.0 Å². The third-order valence-electron chi connectivity index (χ3n) is 6.00. The largest absolute Gasteiger partial charge is 0.377 e. The predicted octanol–water partition coefficient (Wildman–Crippen LogP) is 2.89. The molecule has 0 aliphatic carbocycles. The lowest BCUT2D eigenvalue weighted by atomic mass is 10.1. The molecular weight excluding hydrogens is 430 g/mol. The maximum Gasteiger partial charge on any atom is 0.319 e. The summed E-state index contributed by atoms with van der Waals surface area (Å²) in [6, 6.07) is 7.09. The number of carbonyl (C=O) groups is 1. The Balaban J connectivity index is 1.74. The number of carbonyl (C=O) groups excluding carboxylic acids is 1. The van der Waals surface area contributed by atoms with Crippen LogP contribution in [0.25, 0.3) is 11.4 Å². The van der Waals surface area contributed by atoms with E-state index in [4.69, 9.17) is 9.72 Å². The van der Waals surface area contributed by atoms with E-state index in [1.54, 1.807) is 19.1 Å². The van der Waals surface area contributed by atoms with Gasteiger partial charge in [-0.15, -0.1) is 0 Å². The number of amides is 2. The molecule has 1 fully saturated rings. The standard InChI is InChI=1S/C22H29N5O4S/c1-4-17-12-31-11-10-27(17)21-19-14(3)32(29,30)13-18(19)25-20(26-21)15-6-8-16(9-7-15)24-22(28)23-5-2/h6-9,14,17H,4-5,10-13H2,1-3H3,(H2,23,24,28)/t14-,17?/m1/s1. The van der Waals surface area contributed by atoms with Gasteiger partial charge in [0.2, 0.25) is 0 Å². The van der Waals surface area contributed by atoms with Crippen LogP contribution >= 0.6 is 0 Å². The molecule has 10 heteroatoms. The van der Waals surface area contributed by atoms with Gasteiger partial charge < -0.3 is 20.3 Å². The fourth-order valence-corrected chi connectivity index (χ4v) is 5.63. The lowest BCUT2D eigenvalue weighted by Gasteiger charge is -2.37. The molecule has 1 saturated heterocycles. The molecule has 172 valence electrons. The highest BCUT2D eigenvalue weighted by Crippen LogP contribution is 2.42. The third kappa shape index (κ3) is 4.29.